The molecule has 0 radical (unpaired) electrons. The van der Waals surface area contributed by atoms with Crippen molar-refractivity contribution in [1.29, 1.82) is 0 Å². The number of phenolic OH excluding ortho intramolecular Hbond substituents is 1. The van der Waals surface area contributed by atoms with Gasteiger partial charge >= 0.3 is 35.6 Å². The van der Waals surface area contributed by atoms with E-state index in [1.807, 2.05) is 54.6 Å². The molecule has 1 N–H and O–H groups in total. The summed E-state index contributed by atoms with van der Waals surface area (Å²) in [5, 5.41) is 10.7. The predicted octanol–water partition coefficient (Wildman–Crippen LogP) is 7.38. The van der Waals surface area contributed by atoms with Gasteiger partial charge in [-0.15, -0.1) is 0 Å². The summed E-state index contributed by atoms with van der Waals surface area (Å²) < 4.78 is 0. The van der Waals surface area contributed by atoms with Crippen molar-refractivity contribution in [3.63, 3.8) is 0 Å². The summed E-state index contributed by atoms with van der Waals surface area (Å²) in [5.41, 5.74) is 4.83. The zero-order valence-corrected chi connectivity index (χ0v) is 19.0. The van der Waals surface area contributed by atoms with Gasteiger partial charge < -0.3 is 5.11 Å². The quantitative estimate of drug-likeness (QED) is 0.321. The van der Waals surface area contributed by atoms with Crippen LogP contribution in [0.15, 0.2) is 77.8 Å². The van der Waals surface area contributed by atoms with Crippen LogP contribution in [0.1, 0.15) is 25.0 Å². The van der Waals surface area contributed by atoms with Crippen molar-refractivity contribution in [3.8, 4) is 16.9 Å². The number of phenols is 1. The standard InChI is InChI=1S/C23H23NO.2ClH.Ti/c1-17(2)13-20-14-19(18-9-5-3-6-10-18)15-21(23(20)25)16-24-22-11-7-4-8-12-22;;;/h3-12,14-17,25H,13H2,1-2H3;2*1H;/q;;;+2/p-2. The molecule has 0 heterocycles. The van der Waals surface area contributed by atoms with Gasteiger partial charge in [-0.1, -0.05) is 62.4 Å². The number of halogens is 2. The second-order valence-corrected chi connectivity index (χ2v) is 9.28. The number of nitrogens with zero attached hydrogens (tertiary/aromatic N) is 1. The molecule has 0 bridgehead atoms. The van der Waals surface area contributed by atoms with E-state index in [0.717, 1.165) is 34.4 Å². The Labute approximate surface area is 183 Å². The average molecular weight is 448 g/mol. The third-order valence-corrected chi connectivity index (χ3v) is 4.06. The predicted molar refractivity (Wildman–Crippen MR) is 117 cm³/mol. The number of para-hydroxylation sites is 1. The Kier molecular flexibility index (Phi) is 9.80. The molecule has 3 aromatic carbocycles. The number of hydrogen-bond acceptors (Lipinski definition) is 2. The molecule has 0 saturated heterocycles. The summed E-state index contributed by atoms with van der Waals surface area (Å²) in [7, 11) is 9.78. The Hall–Kier alpha value is -1.58. The van der Waals surface area contributed by atoms with E-state index in [4.69, 9.17) is 18.6 Å². The average Bonchev–Trinajstić information content (AvgIpc) is 2.70. The minimum atomic E-state index is -0.556. The first-order chi connectivity index (χ1) is 13.5. The number of benzene rings is 3. The Morgan fingerprint density at radius 1 is 0.929 bits per heavy atom. The van der Waals surface area contributed by atoms with Gasteiger partial charge in [0.2, 0.25) is 0 Å². The molecule has 3 rings (SSSR count). The van der Waals surface area contributed by atoms with E-state index in [1.54, 1.807) is 6.21 Å². The zero-order valence-electron chi connectivity index (χ0n) is 15.9. The van der Waals surface area contributed by atoms with Crippen LogP contribution in [0.4, 0.5) is 5.69 Å². The number of aliphatic imine (C=N–C) groups is 1. The van der Waals surface area contributed by atoms with Crippen LogP contribution < -0.4 is 0 Å². The van der Waals surface area contributed by atoms with E-state index in [-0.39, 0.29) is 0 Å². The maximum atomic E-state index is 10.7. The van der Waals surface area contributed by atoms with Crippen LogP contribution in [0.2, 0.25) is 0 Å². The molecular weight excluding hydrogens is 425 g/mol. The second kappa shape index (κ2) is 12.1. The molecule has 0 aliphatic heterocycles. The van der Waals surface area contributed by atoms with Crippen LogP contribution in [0, 0.1) is 5.92 Å². The molecule has 0 atom stereocenters. The van der Waals surface area contributed by atoms with Crippen molar-refractivity contribution in [1.82, 2.24) is 0 Å². The molecule has 0 aliphatic carbocycles. The van der Waals surface area contributed by atoms with Crippen molar-refractivity contribution < 1.29 is 22.1 Å². The first-order valence-electron chi connectivity index (χ1n) is 9.01. The monoisotopic (exact) mass is 447 g/mol. The van der Waals surface area contributed by atoms with Gasteiger partial charge in [-0.25, -0.2) is 0 Å². The van der Waals surface area contributed by atoms with E-state index >= 15 is 0 Å². The van der Waals surface area contributed by atoms with E-state index < -0.39 is 17.0 Å². The molecule has 0 spiro atoms. The third-order valence-electron chi connectivity index (χ3n) is 4.06. The van der Waals surface area contributed by atoms with Gasteiger partial charge in [-0.3, -0.25) is 4.99 Å². The molecule has 144 valence electrons. The number of hydrogen-bond donors (Lipinski definition) is 1. The van der Waals surface area contributed by atoms with Gasteiger partial charge in [0.1, 0.15) is 5.75 Å². The summed E-state index contributed by atoms with van der Waals surface area (Å²) in [6, 6.07) is 24.1. The van der Waals surface area contributed by atoms with Gasteiger partial charge in [0.05, 0.1) is 5.69 Å². The van der Waals surface area contributed by atoms with Crippen LogP contribution in [-0.2, 0) is 23.5 Å². The summed E-state index contributed by atoms with van der Waals surface area (Å²) in [4.78, 5) is 4.51. The Morgan fingerprint density at radius 3 is 2.07 bits per heavy atom. The van der Waals surface area contributed by atoms with E-state index in [0.29, 0.717) is 11.7 Å². The van der Waals surface area contributed by atoms with Crippen LogP contribution in [-0.4, -0.2) is 11.3 Å². The van der Waals surface area contributed by atoms with Crippen molar-refractivity contribution in [2.24, 2.45) is 10.9 Å². The molecule has 5 heteroatoms. The van der Waals surface area contributed by atoms with Gasteiger partial charge in [0.25, 0.3) is 0 Å². The molecule has 0 fully saturated rings. The topological polar surface area (TPSA) is 32.6 Å². The third kappa shape index (κ3) is 7.11. The molecular formula is C23H23Cl2NOTi. The van der Waals surface area contributed by atoms with Crippen molar-refractivity contribution in [2.75, 3.05) is 0 Å². The van der Waals surface area contributed by atoms with E-state index in [2.05, 4.69) is 37.0 Å². The first-order valence-corrected chi connectivity index (χ1v) is 13.3. The summed E-state index contributed by atoms with van der Waals surface area (Å²) >= 11 is -0.556. The van der Waals surface area contributed by atoms with Crippen molar-refractivity contribution >= 4 is 30.5 Å². The van der Waals surface area contributed by atoms with Crippen LogP contribution in [0.5, 0.6) is 5.75 Å². The van der Waals surface area contributed by atoms with Crippen LogP contribution >= 0.6 is 18.6 Å². The van der Waals surface area contributed by atoms with Crippen molar-refractivity contribution in [2.45, 2.75) is 20.3 Å². The summed E-state index contributed by atoms with van der Waals surface area (Å²) in [6.45, 7) is 4.32. The Bertz CT molecular complexity index is 884. The second-order valence-electron chi connectivity index (χ2n) is 6.70. The maximum absolute atomic E-state index is 10.7. The Balaban J connectivity index is 0.000000878. The summed E-state index contributed by atoms with van der Waals surface area (Å²) in [6.07, 6.45) is 2.58. The number of aromatic hydroxyl groups is 1. The molecule has 0 amide bonds. The number of rotatable bonds is 5. The van der Waals surface area contributed by atoms with E-state index in [9.17, 15) is 5.11 Å². The van der Waals surface area contributed by atoms with Gasteiger partial charge in [0, 0.05) is 11.8 Å². The molecule has 3 aromatic rings. The molecule has 28 heavy (non-hydrogen) atoms. The summed E-state index contributed by atoms with van der Waals surface area (Å²) in [5.74, 6) is 0.795. The normalized spacial score (nSPS) is 10.6. The molecule has 2 nitrogen and oxygen atoms in total. The molecule has 0 aromatic heterocycles. The first kappa shape index (κ1) is 22.7. The minimum absolute atomic E-state index is 0.327. The van der Waals surface area contributed by atoms with Gasteiger partial charge in [-0.05, 0) is 53.3 Å². The molecule has 0 unspecified atom stereocenters. The zero-order chi connectivity index (χ0) is 20.4. The molecule has 0 saturated carbocycles. The SMILES string of the molecule is CC(C)Cc1cc(-c2ccccc2)cc(C=Nc2ccccc2)c1O.[Cl][Ti][Cl]. The fourth-order valence-electron chi connectivity index (χ4n) is 2.87. The van der Waals surface area contributed by atoms with Crippen molar-refractivity contribution in [3.05, 3.63) is 83.9 Å². The van der Waals surface area contributed by atoms with Gasteiger partial charge in [0.15, 0.2) is 0 Å². The van der Waals surface area contributed by atoms with Crippen LogP contribution in [0.3, 0.4) is 0 Å². The van der Waals surface area contributed by atoms with Crippen LogP contribution in [0.25, 0.3) is 11.1 Å². The molecule has 0 aliphatic rings. The fraction of sp³-hybridized carbons (Fsp3) is 0.174. The Morgan fingerprint density at radius 2 is 1.50 bits per heavy atom. The van der Waals surface area contributed by atoms with E-state index in [1.165, 1.54) is 0 Å². The van der Waals surface area contributed by atoms with Gasteiger partial charge in [-0.2, -0.15) is 0 Å². The fourth-order valence-corrected chi connectivity index (χ4v) is 2.87.